The van der Waals surface area contributed by atoms with Crippen LogP contribution in [0.1, 0.15) is 25.1 Å². The number of carbonyl (C=O) groups is 1. The molecule has 0 saturated heterocycles. The molecule has 2 N–H and O–H groups in total. The maximum atomic E-state index is 14.2. The summed E-state index contributed by atoms with van der Waals surface area (Å²) in [5.74, 6) is -1.27. The molecule has 2 aromatic rings. The minimum atomic E-state index is -0.794. The first-order valence-corrected chi connectivity index (χ1v) is 7.04. The summed E-state index contributed by atoms with van der Waals surface area (Å²) >= 11 is 0. The summed E-state index contributed by atoms with van der Waals surface area (Å²) in [5.41, 5.74) is 1.37. The Labute approximate surface area is 127 Å². The Morgan fingerprint density at radius 1 is 1.41 bits per heavy atom. The lowest BCUT2D eigenvalue weighted by Gasteiger charge is -2.08. The monoisotopic (exact) mass is 301 g/mol. The highest BCUT2D eigenvalue weighted by Gasteiger charge is 2.29. The predicted molar refractivity (Wildman–Crippen MR) is 81.6 cm³/mol. The smallest absolute Gasteiger partial charge is 0.256 e. The van der Waals surface area contributed by atoms with Crippen LogP contribution in [0.3, 0.4) is 0 Å². The van der Waals surface area contributed by atoms with Crippen LogP contribution < -0.4 is 5.32 Å². The molecule has 114 valence electrons. The summed E-state index contributed by atoms with van der Waals surface area (Å²) in [6.45, 7) is 4.82. The predicted octanol–water partition coefficient (Wildman–Crippen LogP) is 2.88. The summed E-state index contributed by atoms with van der Waals surface area (Å²) < 4.78 is 15.9. The number of fused-ring (bicyclic) bond motifs is 1. The number of nitrogens with one attached hydrogen (secondary N) is 1. The van der Waals surface area contributed by atoms with Crippen molar-refractivity contribution in [1.82, 2.24) is 9.78 Å². The van der Waals surface area contributed by atoms with Crippen molar-refractivity contribution >= 4 is 23.2 Å². The second-order valence-electron chi connectivity index (χ2n) is 5.67. The lowest BCUT2D eigenvalue weighted by atomic mass is 10.0. The molecule has 0 spiro atoms. The summed E-state index contributed by atoms with van der Waals surface area (Å²) in [6, 6.07) is 4.47. The molecule has 0 aliphatic carbocycles. The number of rotatable bonds is 3. The zero-order valence-corrected chi connectivity index (χ0v) is 12.3. The molecule has 0 bridgehead atoms. The third kappa shape index (κ3) is 2.36. The first-order chi connectivity index (χ1) is 10.5. The first kappa shape index (κ1) is 14.3. The molecule has 3 rings (SSSR count). The molecule has 6 heteroatoms. The number of aromatic hydroxyl groups is 1. The number of halogens is 1. The van der Waals surface area contributed by atoms with Crippen LogP contribution in [0.5, 0.6) is 5.75 Å². The minimum absolute atomic E-state index is 0.0993. The van der Waals surface area contributed by atoms with Crippen molar-refractivity contribution in [2.75, 3.05) is 5.32 Å². The van der Waals surface area contributed by atoms with Crippen LogP contribution in [0.25, 0.3) is 11.6 Å². The number of phenolic OH excluding ortho intramolecular Hbond substituents is 1. The van der Waals surface area contributed by atoms with E-state index < -0.39 is 17.5 Å². The Morgan fingerprint density at radius 2 is 2.18 bits per heavy atom. The molecule has 0 fully saturated rings. The molecular weight excluding hydrogens is 285 g/mol. The molecule has 0 saturated carbocycles. The number of aromatic nitrogens is 2. The summed E-state index contributed by atoms with van der Waals surface area (Å²) in [5, 5.41) is 16.3. The highest BCUT2D eigenvalue weighted by atomic mass is 19.1. The van der Waals surface area contributed by atoms with Crippen molar-refractivity contribution in [2.45, 2.75) is 20.4 Å². The minimum Gasteiger partial charge on any atom is -0.505 e. The molecule has 5 nitrogen and oxygen atoms in total. The zero-order chi connectivity index (χ0) is 15.9. The normalized spacial score (nSPS) is 15.5. The maximum Gasteiger partial charge on any atom is 0.256 e. The number of amides is 1. The molecule has 0 atom stereocenters. The molecule has 1 aliphatic heterocycles. The molecule has 0 unspecified atom stereocenters. The number of phenols is 1. The van der Waals surface area contributed by atoms with Crippen LogP contribution in [0.15, 0.2) is 24.4 Å². The van der Waals surface area contributed by atoms with Crippen molar-refractivity contribution in [3.63, 3.8) is 0 Å². The van der Waals surface area contributed by atoms with Gasteiger partial charge in [0.25, 0.3) is 5.91 Å². The molecule has 22 heavy (non-hydrogen) atoms. The second-order valence-corrected chi connectivity index (χ2v) is 5.67. The van der Waals surface area contributed by atoms with Gasteiger partial charge in [-0.25, -0.2) is 4.39 Å². The summed E-state index contributed by atoms with van der Waals surface area (Å²) in [4.78, 5) is 12.1. The van der Waals surface area contributed by atoms with E-state index in [2.05, 4.69) is 24.3 Å². The van der Waals surface area contributed by atoms with Gasteiger partial charge in [-0.1, -0.05) is 13.8 Å². The van der Waals surface area contributed by atoms with E-state index >= 15 is 0 Å². The first-order valence-electron chi connectivity index (χ1n) is 7.04. The van der Waals surface area contributed by atoms with Crippen molar-refractivity contribution < 1.29 is 14.3 Å². The van der Waals surface area contributed by atoms with Crippen LogP contribution in [0, 0.1) is 11.7 Å². The molecule has 1 aliphatic rings. The van der Waals surface area contributed by atoms with Gasteiger partial charge >= 0.3 is 0 Å². The van der Waals surface area contributed by atoms with Crippen LogP contribution >= 0.6 is 0 Å². The molecule has 1 aromatic heterocycles. The molecule has 2 heterocycles. The molecular formula is C16H16FN3O2. The van der Waals surface area contributed by atoms with Crippen LogP contribution in [0.2, 0.25) is 0 Å². The van der Waals surface area contributed by atoms with Gasteiger partial charge in [0.15, 0.2) is 11.6 Å². The highest BCUT2D eigenvalue weighted by molar-refractivity contribution is 6.35. The average molecular weight is 301 g/mol. The molecule has 0 radical (unpaired) electrons. The largest absolute Gasteiger partial charge is 0.505 e. The van der Waals surface area contributed by atoms with E-state index in [1.807, 2.05) is 0 Å². The maximum absolute atomic E-state index is 14.2. The number of nitrogens with zero attached hydrogens (tertiary/aromatic N) is 2. The van der Waals surface area contributed by atoms with Crippen molar-refractivity contribution in [1.29, 1.82) is 0 Å². The SMILES string of the molecule is CC(C)Cn1nccc1C=C1C(=O)Nc2ccc(O)c(F)c21. The van der Waals surface area contributed by atoms with Gasteiger partial charge in [0, 0.05) is 12.7 Å². The number of benzene rings is 1. The van der Waals surface area contributed by atoms with Gasteiger partial charge in [-0.05, 0) is 30.2 Å². The fourth-order valence-corrected chi connectivity index (χ4v) is 2.49. The van der Waals surface area contributed by atoms with Crippen molar-refractivity contribution in [3.8, 4) is 5.75 Å². The fourth-order valence-electron chi connectivity index (χ4n) is 2.49. The Balaban J connectivity index is 2.09. The number of hydrogen-bond acceptors (Lipinski definition) is 3. The quantitative estimate of drug-likeness (QED) is 0.676. The lowest BCUT2D eigenvalue weighted by molar-refractivity contribution is -0.110. The lowest BCUT2D eigenvalue weighted by Crippen LogP contribution is -2.09. The van der Waals surface area contributed by atoms with Gasteiger partial charge < -0.3 is 10.4 Å². The van der Waals surface area contributed by atoms with Gasteiger partial charge in [-0.15, -0.1) is 0 Å². The average Bonchev–Trinajstić information content (AvgIpc) is 3.00. The van der Waals surface area contributed by atoms with Gasteiger partial charge in [0.1, 0.15) is 0 Å². The Bertz CT molecular complexity index is 778. The molecule has 1 aromatic carbocycles. The Hall–Kier alpha value is -2.63. The Morgan fingerprint density at radius 3 is 2.91 bits per heavy atom. The molecule has 1 amide bonds. The number of carbonyl (C=O) groups excluding carboxylic acids is 1. The zero-order valence-electron chi connectivity index (χ0n) is 12.3. The van der Waals surface area contributed by atoms with Crippen LogP contribution in [-0.4, -0.2) is 20.8 Å². The summed E-state index contributed by atoms with van der Waals surface area (Å²) in [6.07, 6.45) is 3.24. The summed E-state index contributed by atoms with van der Waals surface area (Å²) in [7, 11) is 0. The third-order valence-electron chi connectivity index (χ3n) is 3.46. The van der Waals surface area contributed by atoms with E-state index in [0.29, 0.717) is 18.2 Å². The van der Waals surface area contributed by atoms with Gasteiger partial charge in [0.05, 0.1) is 22.5 Å². The topological polar surface area (TPSA) is 67.2 Å². The standard InChI is InChI=1S/C16H16FN3O2/c1-9(2)8-20-10(5-6-18-20)7-11-14-12(19-16(11)22)3-4-13(21)15(14)17/h3-7,9,21H,8H2,1-2H3,(H,19,22). The third-order valence-corrected chi connectivity index (χ3v) is 3.46. The fraction of sp³-hybridized carbons (Fsp3) is 0.250. The number of hydrogen-bond donors (Lipinski definition) is 2. The van der Waals surface area contributed by atoms with E-state index in [1.54, 1.807) is 23.0 Å². The van der Waals surface area contributed by atoms with E-state index in [1.165, 1.54) is 12.1 Å². The van der Waals surface area contributed by atoms with Gasteiger partial charge in [-0.2, -0.15) is 5.10 Å². The highest BCUT2D eigenvalue weighted by Crippen LogP contribution is 2.38. The van der Waals surface area contributed by atoms with Gasteiger partial charge in [0.2, 0.25) is 0 Å². The van der Waals surface area contributed by atoms with E-state index in [-0.39, 0.29) is 11.1 Å². The van der Waals surface area contributed by atoms with Crippen LogP contribution in [-0.2, 0) is 11.3 Å². The second kappa shape index (κ2) is 5.29. The van der Waals surface area contributed by atoms with Crippen molar-refractivity contribution in [3.05, 3.63) is 41.5 Å². The van der Waals surface area contributed by atoms with E-state index in [0.717, 1.165) is 5.69 Å². The number of anilines is 1. The Kier molecular flexibility index (Phi) is 3.44. The van der Waals surface area contributed by atoms with Crippen molar-refractivity contribution in [2.24, 2.45) is 5.92 Å². The van der Waals surface area contributed by atoms with E-state index in [4.69, 9.17) is 0 Å². The van der Waals surface area contributed by atoms with Crippen LogP contribution in [0.4, 0.5) is 10.1 Å². The van der Waals surface area contributed by atoms with E-state index in [9.17, 15) is 14.3 Å². The van der Waals surface area contributed by atoms with Gasteiger partial charge in [-0.3, -0.25) is 9.48 Å².